The molecule has 5 nitrogen and oxygen atoms in total. The lowest BCUT2D eigenvalue weighted by atomic mass is 9.76. The molecule has 122 valence electrons. The van der Waals surface area contributed by atoms with E-state index in [1.807, 2.05) is 34.6 Å². The average Bonchev–Trinajstić information content (AvgIpc) is 2.57. The van der Waals surface area contributed by atoms with E-state index in [1.54, 1.807) is 18.2 Å². The molecule has 22 heavy (non-hydrogen) atoms. The lowest BCUT2D eigenvalue weighted by molar-refractivity contribution is 0.00578. The minimum absolute atomic E-state index is 0.273. The van der Waals surface area contributed by atoms with Crippen LogP contribution >= 0.6 is 0 Å². The van der Waals surface area contributed by atoms with Gasteiger partial charge in [-0.15, -0.1) is 0 Å². The van der Waals surface area contributed by atoms with Crippen LogP contribution in [0, 0.1) is 6.92 Å². The summed E-state index contributed by atoms with van der Waals surface area (Å²) in [5.74, 6) is 0. The Balaban J connectivity index is 2.37. The molecule has 1 aromatic rings. The van der Waals surface area contributed by atoms with Crippen LogP contribution in [0.2, 0.25) is 0 Å². The fourth-order valence-electron chi connectivity index (χ4n) is 2.25. The van der Waals surface area contributed by atoms with Crippen molar-refractivity contribution in [3.05, 3.63) is 23.8 Å². The number of hydrogen-bond acceptors (Lipinski definition) is 4. The molecule has 7 heteroatoms. The van der Waals surface area contributed by atoms with Gasteiger partial charge in [0.2, 0.25) is 10.0 Å². The molecule has 0 amide bonds. The second-order valence-electron chi connectivity index (χ2n) is 6.89. The summed E-state index contributed by atoms with van der Waals surface area (Å²) in [5.41, 5.74) is 0.856. The van der Waals surface area contributed by atoms with Crippen molar-refractivity contribution in [1.29, 1.82) is 0 Å². The van der Waals surface area contributed by atoms with Crippen molar-refractivity contribution in [3.63, 3.8) is 0 Å². The Labute approximate surface area is 133 Å². The first-order chi connectivity index (χ1) is 9.88. The summed E-state index contributed by atoms with van der Waals surface area (Å²) in [5, 5.41) is 0. The molecule has 0 aromatic heterocycles. The molecule has 0 radical (unpaired) electrons. The SMILES string of the molecule is Cc1cc(S(=O)(=O)N(C)C)ccc1B1OC(C)(C)C(C)(C)O1. The van der Waals surface area contributed by atoms with E-state index in [9.17, 15) is 8.42 Å². The van der Waals surface area contributed by atoms with Gasteiger partial charge in [0.05, 0.1) is 16.1 Å². The Kier molecular flexibility index (Phi) is 4.24. The molecule has 0 N–H and O–H groups in total. The predicted molar refractivity (Wildman–Crippen MR) is 87.8 cm³/mol. The van der Waals surface area contributed by atoms with Gasteiger partial charge in [-0.2, -0.15) is 0 Å². The smallest absolute Gasteiger partial charge is 0.399 e. The van der Waals surface area contributed by atoms with Crippen LogP contribution in [-0.4, -0.2) is 45.1 Å². The number of sulfonamides is 1. The van der Waals surface area contributed by atoms with Crippen molar-refractivity contribution in [3.8, 4) is 0 Å². The molecule has 0 aliphatic carbocycles. The molecule has 1 aromatic carbocycles. The van der Waals surface area contributed by atoms with Crippen molar-refractivity contribution in [2.24, 2.45) is 0 Å². The third-order valence-corrected chi connectivity index (χ3v) is 6.34. The highest BCUT2D eigenvalue weighted by Crippen LogP contribution is 2.36. The molecular formula is C15H24BNO4S. The zero-order valence-electron chi connectivity index (χ0n) is 14.3. The Morgan fingerprint density at radius 3 is 1.95 bits per heavy atom. The zero-order valence-corrected chi connectivity index (χ0v) is 15.1. The fourth-order valence-corrected chi connectivity index (χ4v) is 3.24. The van der Waals surface area contributed by atoms with Gasteiger partial charge in [-0.1, -0.05) is 11.6 Å². The fraction of sp³-hybridized carbons (Fsp3) is 0.600. The van der Waals surface area contributed by atoms with E-state index in [2.05, 4.69) is 0 Å². The van der Waals surface area contributed by atoms with Crippen LogP contribution in [0.4, 0.5) is 0 Å². The van der Waals surface area contributed by atoms with Gasteiger partial charge in [0.15, 0.2) is 0 Å². The summed E-state index contributed by atoms with van der Waals surface area (Å²) in [6.07, 6.45) is 0. The van der Waals surface area contributed by atoms with Crippen LogP contribution in [0.25, 0.3) is 0 Å². The third kappa shape index (κ3) is 2.83. The quantitative estimate of drug-likeness (QED) is 0.791. The first kappa shape index (κ1) is 17.5. The van der Waals surface area contributed by atoms with Crippen LogP contribution in [0.5, 0.6) is 0 Å². The van der Waals surface area contributed by atoms with Gasteiger partial charge in [0.1, 0.15) is 0 Å². The van der Waals surface area contributed by atoms with Crippen LogP contribution in [0.3, 0.4) is 0 Å². The van der Waals surface area contributed by atoms with Gasteiger partial charge in [0, 0.05) is 14.1 Å². The van der Waals surface area contributed by atoms with E-state index in [0.29, 0.717) is 0 Å². The summed E-state index contributed by atoms with van der Waals surface area (Å²) in [6.45, 7) is 9.84. The summed E-state index contributed by atoms with van der Waals surface area (Å²) in [7, 11) is -0.877. The predicted octanol–water partition coefficient (Wildman–Crippen LogP) is 1.54. The molecule has 2 rings (SSSR count). The van der Waals surface area contributed by atoms with Crippen molar-refractivity contribution < 1.29 is 17.7 Å². The van der Waals surface area contributed by atoms with Crippen molar-refractivity contribution in [1.82, 2.24) is 4.31 Å². The number of aryl methyl sites for hydroxylation is 1. The van der Waals surface area contributed by atoms with E-state index < -0.39 is 28.3 Å². The minimum atomic E-state index is -3.43. The summed E-state index contributed by atoms with van der Waals surface area (Å²) < 4.78 is 37.6. The molecule has 0 bridgehead atoms. The molecule has 0 spiro atoms. The average molecular weight is 325 g/mol. The zero-order chi connectivity index (χ0) is 16.9. The Morgan fingerprint density at radius 1 is 1.05 bits per heavy atom. The molecule has 1 aliphatic heterocycles. The molecule has 0 saturated carbocycles. The maximum Gasteiger partial charge on any atom is 0.495 e. The molecule has 1 aliphatic rings. The Morgan fingerprint density at radius 2 is 1.55 bits per heavy atom. The van der Waals surface area contributed by atoms with Gasteiger partial charge in [-0.05, 0) is 52.2 Å². The van der Waals surface area contributed by atoms with Gasteiger partial charge < -0.3 is 9.31 Å². The second-order valence-corrected chi connectivity index (χ2v) is 9.05. The van der Waals surface area contributed by atoms with Crippen molar-refractivity contribution in [2.45, 2.75) is 50.7 Å². The summed E-state index contributed by atoms with van der Waals surface area (Å²) in [4.78, 5) is 0.273. The van der Waals surface area contributed by atoms with Gasteiger partial charge in [-0.25, -0.2) is 12.7 Å². The standard InChI is InChI=1S/C15H24BNO4S/c1-11-10-12(22(18,19)17(6)7)8-9-13(11)16-20-14(2,3)15(4,5)21-16/h8-10H,1-7H3. The van der Waals surface area contributed by atoms with E-state index >= 15 is 0 Å². The third-order valence-electron chi connectivity index (χ3n) is 4.53. The van der Waals surface area contributed by atoms with Gasteiger partial charge in [0.25, 0.3) is 0 Å². The molecule has 0 atom stereocenters. The second kappa shape index (κ2) is 5.34. The molecule has 1 heterocycles. The first-order valence-electron chi connectivity index (χ1n) is 7.27. The van der Waals surface area contributed by atoms with Crippen molar-refractivity contribution >= 4 is 22.6 Å². The highest BCUT2D eigenvalue weighted by molar-refractivity contribution is 7.89. The maximum atomic E-state index is 12.2. The number of nitrogens with zero attached hydrogens (tertiary/aromatic N) is 1. The monoisotopic (exact) mass is 325 g/mol. The Hall–Kier alpha value is -0.885. The maximum absolute atomic E-state index is 12.2. The molecule has 0 unspecified atom stereocenters. The summed E-state index contributed by atoms with van der Waals surface area (Å²) >= 11 is 0. The van der Waals surface area contributed by atoms with Crippen molar-refractivity contribution in [2.75, 3.05) is 14.1 Å². The van der Waals surface area contributed by atoms with Crippen LogP contribution in [0.1, 0.15) is 33.3 Å². The largest absolute Gasteiger partial charge is 0.495 e. The van der Waals surface area contributed by atoms with E-state index in [0.717, 1.165) is 11.0 Å². The first-order valence-corrected chi connectivity index (χ1v) is 8.71. The lowest BCUT2D eigenvalue weighted by Gasteiger charge is -2.32. The molecule has 1 fully saturated rings. The highest BCUT2D eigenvalue weighted by Gasteiger charge is 2.52. The topological polar surface area (TPSA) is 55.8 Å². The normalized spacial score (nSPS) is 20.6. The number of rotatable bonds is 3. The molecule has 1 saturated heterocycles. The molecular weight excluding hydrogens is 301 g/mol. The van der Waals surface area contributed by atoms with E-state index in [4.69, 9.17) is 9.31 Å². The van der Waals surface area contributed by atoms with Crippen LogP contribution < -0.4 is 5.46 Å². The lowest BCUT2D eigenvalue weighted by Crippen LogP contribution is -2.41. The van der Waals surface area contributed by atoms with E-state index in [-0.39, 0.29) is 4.90 Å². The minimum Gasteiger partial charge on any atom is -0.399 e. The number of benzene rings is 1. The summed E-state index contributed by atoms with van der Waals surface area (Å²) in [6, 6.07) is 5.03. The van der Waals surface area contributed by atoms with Crippen LogP contribution in [0.15, 0.2) is 23.1 Å². The number of hydrogen-bond donors (Lipinski definition) is 0. The van der Waals surface area contributed by atoms with E-state index in [1.165, 1.54) is 18.4 Å². The Bertz CT molecular complexity index is 667. The van der Waals surface area contributed by atoms with Crippen LogP contribution in [-0.2, 0) is 19.3 Å². The van der Waals surface area contributed by atoms with Gasteiger partial charge in [-0.3, -0.25) is 0 Å². The van der Waals surface area contributed by atoms with Gasteiger partial charge >= 0.3 is 7.12 Å². The highest BCUT2D eigenvalue weighted by atomic mass is 32.2.